The molecule has 1 heterocycles. The molecule has 2 fully saturated rings. The SMILES string of the molecule is N#Cc1cc(Cl)ccc1CN1C(=O)CC2(CCC2)C1=O. The number of hydrogen-bond donors (Lipinski definition) is 0. The Balaban J connectivity index is 1.87. The Hall–Kier alpha value is -1.86. The first-order chi connectivity index (χ1) is 9.55. The van der Waals surface area contributed by atoms with Crippen molar-refractivity contribution in [3.8, 4) is 6.07 Å². The van der Waals surface area contributed by atoms with Gasteiger partial charge >= 0.3 is 0 Å². The fraction of sp³-hybridized carbons (Fsp3) is 0.400. The molecule has 3 rings (SSSR count). The molecule has 0 unspecified atom stereocenters. The van der Waals surface area contributed by atoms with Crippen LogP contribution in [-0.2, 0) is 16.1 Å². The molecule has 1 aromatic carbocycles. The minimum atomic E-state index is -0.434. The molecule has 1 saturated heterocycles. The van der Waals surface area contributed by atoms with Gasteiger partial charge in [-0.3, -0.25) is 14.5 Å². The number of benzene rings is 1. The third-order valence-electron chi connectivity index (χ3n) is 4.32. The first-order valence-electron chi connectivity index (χ1n) is 6.59. The van der Waals surface area contributed by atoms with E-state index in [0.29, 0.717) is 22.6 Å². The molecule has 2 aliphatic rings. The third kappa shape index (κ3) is 1.90. The zero-order chi connectivity index (χ0) is 14.3. The highest BCUT2D eigenvalue weighted by Crippen LogP contribution is 2.49. The van der Waals surface area contributed by atoms with E-state index in [4.69, 9.17) is 16.9 Å². The number of amides is 2. The molecule has 5 heteroatoms. The standard InChI is InChI=1S/C15H13ClN2O2/c16-12-3-2-10(11(6-12)8-17)9-18-13(19)7-15(14(18)20)4-1-5-15/h2-3,6H,1,4-5,7,9H2. The molecule has 0 N–H and O–H groups in total. The lowest BCUT2D eigenvalue weighted by molar-refractivity contribution is -0.144. The predicted octanol–water partition coefficient (Wildman–Crippen LogP) is 2.64. The number of likely N-dealkylation sites (tertiary alicyclic amines) is 1. The van der Waals surface area contributed by atoms with Gasteiger partial charge in [-0.1, -0.05) is 24.1 Å². The van der Waals surface area contributed by atoms with E-state index in [-0.39, 0.29) is 18.4 Å². The Morgan fingerprint density at radius 2 is 2.10 bits per heavy atom. The lowest BCUT2D eigenvalue weighted by Crippen LogP contribution is -2.39. The zero-order valence-corrected chi connectivity index (χ0v) is 11.6. The molecule has 20 heavy (non-hydrogen) atoms. The molecule has 0 atom stereocenters. The molecular formula is C15H13ClN2O2. The smallest absolute Gasteiger partial charge is 0.236 e. The number of carbonyl (C=O) groups excluding carboxylic acids is 2. The highest BCUT2D eigenvalue weighted by Gasteiger charge is 2.54. The third-order valence-corrected chi connectivity index (χ3v) is 4.56. The van der Waals surface area contributed by atoms with Crippen molar-refractivity contribution < 1.29 is 9.59 Å². The van der Waals surface area contributed by atoms with Gasteiger partial charge in [0.2, 0.25) is 11.8 Å². The van der Waals surface area contributed by atoms with Crippen molar-refractivity contribution in [3.05, 3.63) is 34.3 Å². The van der Waals surface area contributed by atoms with Gasteiger partial charge in [0.25, 0.3) is 0 Å². The summed E-state index contributed by atoms with van der Waals surface area (Å²) in [6, 6.07) is 6.98. The van der Waals surface area contributed by atoms with Crippen LogP contribution in [0.3, 0.4) is 0 Å². The molecular weight excluding hydrogens is 276 g/mol. The van der Waals surface area contributed by atoms with Gasteiger partial charge < -0.3 is 0 Å². The number of halogens is 1. The van der Waals surface area contributed by atoms with Crippen molar-refractivity contribution in [1.82, 2.24) is 4.90 Å². The van der Waals surface area contributed by atoms with Crippen LogP contribution >= 0.6 is 11.6 Å². The van der Waals surface area contributed by atoms with Crippen molar-refractivity contribution in [2.45, 2.75) is 32.2 Å². The normalized spacial score (nSPS) is 20.1. The quantitative estimate of drug-likeness (QED) is 0.786. The number of hydrogen-bond acceptors (Lipinski definition) is 3. The van der Waals surface area contributed by atoms with Crippen molar-refractivity contribution in [1.29, 1.82) is 5.26 Å². The molecule has 0 aromatic heterocycles. The summed E-state index contributed by atoms with van der Waals surface area (Å²) in [6.45, 7) is 0.166. The Labute approximate surface area is 121 Å². The maximum absolute atomic E-state index is 12.4. The largest absolute Gasteiger partial charge is 0.278 e. The van der Waals surface area contributed by atoms with Gasteiger partial charge in [-0.2, -0.15) is 5.26 Å². The van der Waals surface area contributed by atoms with Crippen molar-refractivity contribution in [2.75, 3.05) is 0 Å². The van der Waals surface area contributed by atoms with Crippen molar-refractivity contribution >= 4 is 23.4 Å². The number of imide groups is 1. The molecule has 2 amide bonds. The number of carbonyl (C=O) groups is 2. The van der Waals surface area contributed by atoms with Gasteiger partial charge in [-0.15, -0.1) is 0 Å². The average molecular weight is 289 g/mol. The molecule has 1 aromatic rings. The number of nitriles is 1. The van der Waals surface area contributed by atoms with Crippen LogP contribution in [-0.4, -0.2) is 16.7 Å². The first kappa shape index (κ1) is 13.1. The van der Waals surface area contributed by atoms with Crippen molar-refractivity contribution in [2.24, 2.45) is 5.41 Å². The predicted molar refractivity (Wildman–Crippen MR) is 72.6 cm³/mol. The summed E-state index contributed by atoms with van der Waals surface area (Å²) in [5.41, 5.74) is 0.638. The maximum atomic E-state index is 12.4. The van der Waals surface area contributed by atoms with Crippen LogP contribution in [0.4, 0.5) is 0 Å². The summed E-state index contributed by atoms with van der Waals surface area (Å²) >= 11 is 5.85. The minimum absolute atomic E-state index is 0.0763. The van der Waals surface area contributed by atoms with E-state index in [1.54, 1.807) is 18.2 Å². The highest BCUT2D eigenvalue weighted by atomic mass is 35.5. The summed E-state index contributed by atoms with van der Waals surface area (Å²) in [7, 11) is 0. The van der Waals surface area contributed by atoms with Crippen LogP contribution in [0.25, 0.3) is 0 Å². The average Bonchev–Trinajstić information content (AvgIpc) is 2.64. The summed E-state index contributed by atoms with van der Waals surface area (Å²) < 4.78 is 0. The van der Waals surface area contributed by atoms with Gasteiger partial charge in [-0.25, -0.2) is 0 Å². The Kier molecular flexibility index (Phi) is 3.02. The molecule has 0 radical (unpaired) electrons. The summed E-state index contributed by atoms with van der Waals surface area (Å²) in [5, 5.41) is 9.58. The Bertz CT molecular complexity index is 644. The second-order valence-corrected chi connectivity index (χ2v) is 5.95. The van der Waals surface area contributed by atoms with Crippen LogP contribution in [0.1, 0.15) is 36.8 Å². The molecule has 102 valence electrons. The second kappa shape index (κ2) is 4.60. The number of nitrogens with zero attached hydrogens (tertiary/aromatic N) is 2. The first-order valence-corrected chi connectivity index (χ1v) is 6.97. The van der Waals surface area contributed by atoms with Gasteiger partial charge in [0.1, 0.15) is 0 Å². The van der Waals surface area contributed by atoms with Crippen LogP contribution in [0, 0.1) is 16.7 Å². The molecule has 1 spiro atoms. The monoisotopic (exact) mass is 288 g/mol. The molecule has 4 nitrogen and oxygen atoms in total. The van der Waals surface area contributed by atoms with Crippen LogP contribution < -0.4 is 0 Å². The minimum Gasteiger partial charge on any atom is -0.278 e. The van der Waals surface area contributed by atoms with E-state index in [1.807, 2.05) is 0 Å². The van der Waals surface area contributed by atoms with Crippen LogP contribution in [0.5, 0.6) is 0 Å². The Morgan fingerprint density at radius 1 is 1.35 bits per heavy atom. The van der Waals surface area contributed by atoms with E-state index < -0.39 is 5.41 Å². The van der Waals surface area contributed by atoms with Crippen LogP contribution in [0.15, 0.2) is 18.2 Å². The van der Waals surface area contributed by atoms with Gasteiger partial charge in [-0.05, 0) is 30.5 Å². The topological polar surface area (TPSA) is 61.2 Å². The van der Waals surface area contributed by atoms with Gasteiger partial charge in [0, 0.05) is 11.4 Å². The van der Waals surface area contributed by atoms with E-state index in [9.17, 15) is 9.59 Å². The number of rotatable bonds is 2. The lowest BCUT2D eigenvalue weighted by Gasteiger charge is -2.35. The fourth-order valence-corrected chi connectivity index (χ4v) is 3.15. The Morgan fingerprint density at radius 3 is 2.65 bits per heavy atom. The van der Waals surface area contributed by atoms with Gasteiger partial charge in [0.15, 0.2) is 0 Å². The van der Waals surface area contributed by atoms with Crippen molar-refractivity contribution in [3.63, 3.8) is 0 Å². The molecule has 0 bridgehead atoms. The van der Waals surface area contributed by atoms with E-state index in [0.717, 1.165) is 19.3 Å². The highest BCUT2D eigenvalue weighted by molar-refractivity contribution is 6.30. The summed E-state index contributed by atoms with van der Waals surface area (Å²) in [6.07, 6.45) is 2.94. The molecule has 1 saturated carbocycles. The molecule has 1 aliphatic heterocycles. The maximum Gasteiger partial charge on any atom is 0.236 e. The van der Waals surface area contributed by atoms with E-state index >= 15 is 0 Å². The zero-order valence-electron chi connectivity index (χ0n) is 10.9. The van der Waals surface area contributed by atoms with E-state index in [2.05, 4.69) is 6.07 Å². The van der Waals surface area contributed by atoms with Gasteiger partial charge in [0.05, 0.1) is 23.6 Å². The lowest BCUT2D eigenvalue weighted by atomic mass is 9.68. The van der Waals surface area contributed by atoms with Crippen LogP contribution in [0.2, 0.25) is 5.02 Å². The fourth-order valence-electron chi connectivity index (χ4n) is 2.98. The molecule has 1 aliphatic carbocycles. The summed E-state index contributed by atoms with van der Waals surface area (Å²) in [4.78, 5) is 25.7. The second-order valence-electron chi connectivity index (χ2n) is 5.51. The summed E-state index contributed by atoms with van der Waals surface area (Å²) in [5.74, 6) is -0.207. The van der Waals surface area contributed by atoms with E-state index in [1.165, 1.54) is 4.90 Å².